The molecule has 112 valence electrons. The van der Waals surface area contributed by atoms with Crippen LogP contribution < -0.4 is 5.73 Å². The monoisotopic (exact) mass is 275 g/mol. The quantitative estimate of drug-likeness (QED) is 0.892. The SMILES string of the molecule is Cc1ccc(C(N)COC2CC(C)CC(C)(C)C2)cc1. The molecule has 0 spiro atoms. The Morgan fingerprint density at radius 3 is 2.50 bits per heavy atom. The molecule has 1 aromatic carbocycles. The third-order valence-electron chi connectivity index (χ3n) is 4.36. The Morgan fingerprint density at radius 1 is 1.25 bits per heavy atom. The highest BCUT2D eigenvalue weighted by molar-refractivity contribution is 5.23. The molecule has 0 amide bonds. The van der Waals surface area contributed by atoms with Crippen molar-refractivity contribution in [2.75, 3.05) is 6.61 Å². The van der Waals surface area contributed by atoms with Crippen LogP contribution in [0.3, 0.4) is 0 Å². The second-order valence-corrected chi connectivity index (χ2v) is 7.39. The van der Waals surface area contributed by atoms with Crippen LogP contribution in [-0.4, -0.2) is 12.7 Å². The van der Waals surface area contributed by atoms with Gasteiger partial charge in [-0.1, -0.05) is 50.6 Å². The van der Waals surface area contributed by atoms with Crippen LogP contribution in [-0.2, 0) is 4.74 Å². The van der Waals surface area contributed by atoms with Crippen molar-refractivity contribution in [3.63, 3.8) is 0 Å². The molecule has 0 bridgehead atoms. The molecule has 2 nitrogen and oxygen atoms in total. The van der Waals surface area contributed by atoms with Gasteiger partial charge in [-0.2, -0.15) is 0 Å². The van der Waals surface area contributed by atoms with Gasteiger partial charge in [0.05, 0.1) is 18.8 Å². The van der Waals surface area contributed by atoms with Gasteiger partial charge in [0, 0.05) is 0 Å². The molecule has 0 aliphatic heterocycles. The summed E-state index contributed by atoms with van der Waals surface area (Å²) in [6, 6.07) is 8.42. The minimum Gasteiger partial charge on any atom is -0.376 e. The summed E-state index contributed by atoms with van der Waals surface area (Å²) in [7, 11) is 0. The predicted octanol–water partition coefficient (Wildman–Crippen LogP) is 4.23. The molecule has 1 aliphatic rings. The minimum atomic E-state index is -0.0176. The first kappa shape index (κ1) is 15.5. The Balaban J connectivity index is 1.86. The van der Waals surface area contributed by atoms with Crippen molar-refractivity contribution < 1.29 is 4.74 Å². The highest BCUT2D eigenvalue weighted by Crippen LogP contribution is 2.39. The molecule has 0 heterocycles. The molecule has 1 aromatic rings. The maximum atomic E-state index is 6.24. The number of ether oxygens (including phenoxy) is 1. The lowest BCUT2D eigenvalue weighted by Gasteiger charge is -2.39. The highest BCUT2D eigenvalue weighted by atomic mass is 16.5. The number of benzene rings is 1. The predicted molar refractivity (Wildman–Crippen MR) is 84.6 cm³/mol. The van der Waals surface area contributed by atoms with E-state index in [1.165, 1.54) is 24.0 Å². The van der Waals surface area contributed by atoms with Gasteiger partial charge in [0.25, 0.3) is 0 Å². The summed E-state index contributed by atoms with van der Waals surface area (Å²) >= 11 is 0. The van der Waals surface area contributed by atoms with Crippen LogP contribution >= 0.6 is 0 Å². The lowest BCUT2D eigenvalue weighted by atomic mass is 9.71. The number of aryl methyl sites for hydroxylation is 1. The molecular weight excluding hydrogens is 246 g/mol. The topological polar surface area (TPSA) is 35.2 Å². The summed E-state index contributed by atoms with van der Waals surface area (Å²) in [5.41, 5.74) is 9.07. The maximum Gasteiger partial charge on any atom is 0.0663 e. The van der Waals surface area contributed by atoms with E-state index in [1.54, 1.807) is 0 Å². The van der Waals surface area contributed by atoms with Gasteiger partial charge in [-0.15, -0.1) is 0 Å². The van der Waals surface area contributed by atoms with Gasteiger partial charge in [0.1, 0.15) is 0 Å². The molecule has 0 radical (unpaired) electrons. The summed E-state index contributed by atoms with van der Waals surface area (Å²) < 4.78 is 6.11. The van der Waals surface area contributed by atoms with Crippen molar-refractivity contribution >= 4 is 0 Å². The van der Waals surface area contributed by atoms with Gasteiger partial charge in [0.2, 0.25) is 0 Å². The van der Waals surface area contributed by atoms with Gasteiger partial charge in [-0.05, 0) is 43.1 Å². The Labute approximate surface area is 123 Å². The van der Waals surface area contributed by atoms with Crippen molar-refractivity contribution in [1.29, 1.82) is 0 Å². The van der Waals surface area contributed by atoms with Crippen LogP contribution in [0.25, 0.3) is 0 Å². The zero-order valence-electron chi connectivity index (χ0n) is 13.4. The second-order valence-electron chi connectivity index (χ2n) is 7.39. The molecule has 20 heavy (non-hydrogen) atoms. The van der Waals surface area contributed by atoms with Crippen LogP contribution in [0, 0.1) is 18.3 Å². The molecule has 3 unspecified atom stereocenters. The maximum absolute atomic E-state index is 6.24. The van der Waals surface area contributed by atoms with Gasteiger partial charge in [-0.25, -0.2) is 0 Å². The fraction of sp³-hybridized carbons (Fsp3) is 0.667. The Morgan fingerprint density at radius 2 is 1.90 bits per heavy atom. The van der Waals surface area contributed by atoms with Crippen molar-refractivity contribution in [2.24, 2.45) is 17.1 Å². The summed E-state index contributed by atoms with van der Waals surface area (Å²) in [6.07, 6.45) is 3.99. The first-order chi connectivity index (χ1) is 9.35. The van der Waals surface area contributed by atoms with E-state index in [4.69, 9.17) is 10.5 Å². The molecule has 2 rings (SSSR count). The normalized spacial score (nSPS) is 27.2. The standard InChI is InChI=1S/C18H29NO/c1-13-5-7-15(8-6-13)17(19)12-20-16-9-14(2)10-18(3,4)11-16/h5-8,14,16-17H,9-12,19H2,1-4H3. The Hall–Kier alpha value is -0.860. The largest absolute Gasteiger partial charge is 0.376 e. The van der Waals surface area contributed by atoms with Gasteiger partial charge in [-0.3, -0.25) is 0 Å². The molecule has 3 atom stereocenters. The van der Waals surface area contributed by atoms with Crippen molar-refractivity contribution in [2.45, 2.75) is 59.1 Å². The van der Waals surface area contributed by atoms with Crippen LogP contribution in [0.2, 0.25) is 0 Å². The third kappa shape index (κ3) is 4.32. The van der Waals surface area contributed by atoms with E-state index >= 15 is 0 Å². The number of hydrogen-bond acceptors (Lipinski definition) is 2. The molecular formula is C18H29NO. The first-order valence-electron chi connectivity index (χ1n) is 7.79. The van der Waals surface area contributed by atoms with Crippen LogP contribution in [0.4, 0.5) is 0 Å². The molecule has 0 saturated heterocycles. The fourth-order valence-electron chi connectivity index (χ4n) is 3.54. The van der Waals surface area contributed by atoms with E-state index in [-0.39, 0.29) is 6.04 Å². The van der Waals surface area contributed by atoms with Gasteiger partial charge >= 0.3 is 0 Å². The van der Waals surface area contributed by atoms with E-state index in [1.807, 2.05) is 0 Å². The number of hydrogen-bond donors (Lipinski definition) is 1. The third-order valence-corrected chi connectivity index (χ3v) is 4.36. The Kier molecular flexibility index (Phi) is 4.87. The second kappa shape index (κ2) is 6.28. The van der Waals surface area contributed by atoms with E-state index in [9.17, 15) is 0 Å². The van der Waals surface area contributed by atoms with Crippen molar-refractivity contribution in [3.05, 3.63) is 35.4 Å². The summed E-state index contributed by atoms with van der Waals surface area (Å²) in [5, 5.41) is 0. The van der Waals surface area contributed by atoms with Gasteiger partial charge in [0.15, 0.2) is 0 Å². The molecule has 0 aromatic heterocycles. The van der Waals surface area contributed by atoms with E-state index < -0.39 is 0 Å². The van der Waals surface area contributed by atoms with Crippen molar-refractivity contribution in [1.82, 2.24) is 0 Å². The average Bonchev–Trinajstić information content (AvgIpc) is 2.34. The van der Waals surface area contributed by atoms with Crippen LogP contribution in [0.5, 0.6) is 0 Å². The zero-order valence-corrected chi connectivity index (χ0v) is 13.4. The zero-order chi connectivity index (χ0) is 14.8. The summed E-state index contributed by atoms with van der Waals surface area (Å²) in [4.78, 5) is 0. The molecule has 1 fully saturated rings. The van der Waals surface area contributed by atoms with E-state index in [0.717, 1.165) is 12.3 Å². The molecule has 1 aliphatic carbocycles. The lowest BCUT2D eigenvalue weighted by molar-refractivity contribution is -0.0278. The number of rotatable bonds is 4. The fourth-order valence-corrected chi connectivity index (χ4v) is 3.54. The average molecular weight is 275 g/mol. The van der Waals surface area contributed by atoms with Crippen LogP contribution in [0.1, 0.15) is 57.2 Å². The first-order valence-corrected chi connectivity index (χ1v) is 7.79. The van der Waals surface area contributed by atoms with Crippen molar-refractivity contribution in [3.8, 4) is 0 Å². The molecule has 2 N–H and O–H groups in total. The smallest absolute Gasteiger partial charge is 0.0663 e. The van der Waals surface area contributed by atoms with E-state index in [0.29, 0.717) is 18.1 Å². The molecule has 2 heteroatoms. The minimum absolute atomic E-state index is 0.0176. The summed E-state index contributed by atoms with van der Waals surface area (Å²) in [5.74, 6) is 0.749. The molecule has 1 saturated carbocycles. The van der Waals surface area contributed by atoms with E-state index in [2.05, 4.69) is 52.0 Å². The number of nitrogens with two attached hydrogens (primary N) is 1. The lowest BCUT2D eigenvalue weighted by Crippen LogP contribution is -2.34. The summed E-state index contributed by atoms with van der Waals surface area (Å²) in [6.45, 7) is 9.74. The van der Waals surface area contributed by atoms with Crippen LogP contribution in [0.15, 0.2) is 24.3 Å². The Bertz CT molecular complexity index is 424. The highest BCUT2D eigenvalue weighted by Gasteiger charge is 2.32. The van der Waals surface area contributed by atoms with Gasteiger partial charge < -0.3 is 10.5 Å².